The lowest BCUT2D eigenvalue weighted by molar-refractivity contribution is -0.385. The molecule has 2 aromatic carbocycles. The summed E-state index contributed by atoms with van der Waals surface area (Å²) in [5.41, 5.74) is 2.70. The van der Waals surface area contributed by atoms with E-state index in [1.54, 1.807) is 6.07 Å². The SMILES string of the molecule is O=[N+]([O-])c1cc2c(c(CN3CCN(c4ccccc4Cl)CC3)c1)OCOC2. The number of nitro groups is 1. The van der Waals surface area contributed by atoms with Crippen LogP contribution in [0.1, 0.15) is 11.1 Å². The van der Waals surface area contributed by atoms with Gasteiger partial charge in [-0.2, -0.15) is 0 Å². The summed E-state index contributed by atoms with van der Waals surface area (Å²) in [4.78, 5) is 15.4. The molecule has 0 aromatic heterocycles. The van der Waals surface area contributed by atoms with Crippen molar-refractivity contribution in [1.29, 1.82) is 0 Å². The van der Waals surface area contributed by atoms with Gasteiger partial charge < -0.3 is 14.4 Å². The van der Waals surface area contributed by atoms with E-state index in [0.717, 1.165) is 53.8 Å². The van der Waals surface area contributed by atoms with E-state index in [1.807, 2.05) is 24.3 Å². The number of nitrogens with zero attached hydrogens (tertiary/aromatic N) is 3. The van der Waals surface area contributed by atoms with Crippen LogP contribution in [0.4, 0.5) is 11.4 Å². The van der Waals surface area contributed by atoms with Gasteiger partial charge in [-0.15, -0.1) is 0 Å². The molecular weight excluding hydrogens is 370 g/mol. The van der Waals surface area contributed by atoms with Gasteiger partial charge in [0.1, 0.15) is 5.75 Å². The first-order chi connectivity index (χ1) is 13.1. The maximum Gasteiger partial charge on any atom is 0.270 e. The second kappa shape index (κ2) is 7.72. The van der Waals surface area contributed by atoms with Crippen molar-refractivity contribution in [2.45, 2.75) is 13.2 Å². The van der Waals surface area contributed by atoms with E-state index in [-0.39, 0.29) is 17.4 Å². The summed E-state index contributed by atoms with van der Waals surface area (Å²) in [6.45, 7) is 4.52. The highest BCUT2D eigenvalue weighted by Gasteiger charge is 2.24. The summed E-state index contributed by atoms with van der Waals surface area (Å²) >= 11 is 6.30. The van der Waals surface area contributed by atoms with Gasteiger partial charge in [0.25, 0.3) is 5.69 Å². The molecule has 0 aliphatic carbocycles. The zero-order chi connectivity index (χ0) is 18.8. The first kappa shape index (κ1) is 18.0. The molecule has 2 heterocycles. The molecule has 0 spiro atoms. The molecule has 0 amide bonds. The molecule has 0 radical (unpaired) electrons. The highest BCUT2D eigenvalue weighted by atomic mass is 35.5. The zero-order valence-corrected chi connectivity index (χ0v) is 15.5. The zero-order valence-electron chi connectivity index (χ0n) is 14.8. The van der Waals surface area contributed by atoms with Crippen LogP contribution in [0, 0.1) is 10.1 Å². The van der Waals surface area contributed by atoms with Crippen LogP contribution in [0.2, 0.25) is 5.02 Å². The third kappa shape index (κ3) is 3.85. The van der Waals surface area contributed by atoms with Gasteiger partial charge in [0.05, 0.1) is 22.2 Å². The Balaban J connectivity index is 1.48. The van der Waals surface area contributed by atoms with Gasteiger partial charge in [-0.05, 0) is 12.1 Å². The molecule has 2 aliphatic heterocycles. The van der Waals surface area contributed by atoms with Gasteiger partial charge >= 0.3 is 0 Å². The van der Waals surface area contributed by atoms with Crippen molar-refractivity contribution in [3.05, 3.63) is 62.7 Å². The molecule has 1 saturated heterocycles. The van der Waals surface area contributed by atoms with E-state index in [9.17, 15) is 10.1 Å². The molecule has 1 fully saturated rings. The fourth-order valence-corrected chi connectivity index (χ4v) is 3.85. The highest BCUT2D eigenvalue weighted by Crippen LogP contribution is 2.34. The number of benzene rings is 2. The largest absolute Gasteiger partial charge is 0.467 e. The van der Waals surface area contributed by atoms with Crippen molar-refractivity contribution < 1.29 is 14.4 Å². The maximum atomic E-state index is 11.3. The van der Waals surface area contributed by atoms with Crippen molar-refractivity contribution in [1.82, 2.24) is 4.90 Å². The average Bonchev–Trinajstić information content (AvgIpc) is 2.69. The number of rotatable bonds is 4. The second-order valence-corrected chi connectivity index (χ2v) is 7.08. The van der Waals surface area contributed by atoms with E-state index in [1.165, 1.54) is 6.07 Å². The highest BCUT2D eigenvalue weighted by molar-refractivity contribution is 6.33. The molecule has 0 bridgehead atoms. The summed E-state index contributed by atoms with van der Waals surface area (Å²) in [5, 5.41) is 12.0. The van der Waals surface area contributed by atoms with Gasteiger partial charge in [0, 0.05) is 56.0 Å². The fourth-order valence-electron chi connectivity index (χ4n) is 3.60. The summed E-state index contributed by atoms with van der Waals surface area (Å²) in [6, 6.07) is 11.0. The number of para-hydroxylation sites is 1. The lowest BCUT2D eigenvalue weighted by atomic mass is 10.1. The van der Waals surface area contributed by atoms with Crippen molar-refractivity contribution in [2.75, 3.05) is 37.9 Å². The van der Waals surface area contributed by atoms with Crippen LogP contribution < -0.4 is 9.64 Å². The van der Waals surface area contributed by atoms with Crippen LogP contribution >= 0.6 is 11.6 Å². The molecule has 4 rings (SSSR count). The molecule has 142 valence electrons. The van der Waals surface area contributed by atoms with Crippen molar-refractivity contribution in [2.24, 2.45) is 0 Å². The fraction of sp³-hybridized carbons (Fsp3) is 0.368. The number of hydrogen-bond donors (Lipinski definition) is 0. The second-order valence-electron chi connectivity index (χ2n) is 6.68. The predicted octanol–water partition coefficient (Wildman–Crippen LogP) is 3.44. The van der Waals surface area contributed by atoms with Crippen LogP contribution in [0.3, 0.4) is 0 Å². The van der Waals surface area contributed by atoms with Gasteiger partial charge in [-0.3, -0.25) is 15.0 Å². The number of hydrogen-bond acceptors (Lipinski definition) is 6. The average molecular weight is 390 g/mol. The van der Waals surface area contributed by atoms with Gasteiger partial charge in [-0.25, -0.2) is 0 Å². The minimum atomic E-state index is -0.367. The number of halogens is 1. The van der Waals surface area contributed by atoms with Gasteiger partial charge in [0.2, 0.25) is 0 Å². The first-order valence-corrected chi connectivity index (χ1v) is 9.22. The third-order valence-corrected chi connectivity index (χ3v) is 5.26. The number of anilines is 1. The molecular formula is C19H20ClN3O4. The van der Waals surface area contributed by atoms with E-state index >= 15 is 0 Å². The summed E-state index contributed by atoms with van der Waals surface area (Å²) in [5.74, 6) is 0.723. The number of fused-ring (bicyclic) bond motifs is 1. The number of nitro benzene ring substituents is 1. The quantitative estimate of drug-likeness (QED) is 0.589. The Morgan fingerprint density at radius 2 is 1.93 bits per heavy atom. The molecule has 2 aromatic rings. The van der Waals surface area contributed by atoms with Crippen molar-refractivity contribution in [3.8, 4) is 5.75 Å². The molecule has 27 heavy (non-hydrogen) atoms. The molecule has 8 heteroatoms. The Kier molecular flexibility index (Phi) is 5.15. The summed E-state index contributed by atoms with van der Waals surface area (Å²) in [7, 11) is 0. The molecule has 2 aliphatic rings. The van der Waals surface area contributed by atoms with Crippen LogP contribution in [0.5, 0.6) is 5.75 Å². The Labute approximate surface area is 162 Å². The van der Waals surface area contributed by atoms with Crippen LogP contribution in [0.15, 0.2) is 36.4 Å². The van der Waals surface area contributed by atoms with Crippen LogP contribution in [-0.2, 0) is 17.9 Å². The van der Waals surface area contributed by atoms with Crippen molar-refractivity contribution >= 4 is 23.0 Å². The standard InChI is InChI=1S/C19H20ClN3O4/c20-17-3-1-2-4-18(17)22-7-5-21(6-8-22)11-14-9-16(23(24)25)10-15-12-26-13-27-19(14)15/h1-4,9-10H,5-8,11-13H2. The minimum Gasteiger partial charge on any atom is -0.467 e. The van der Waals surface area contributed by atoms with Crippen LogP contribution in [-0.4, -0.2) is 42.8 Å². The van der Waals surface area contributed by atoms with Gasteiger partial charge in [-0.1, -0.05) is 23.7 Å². The van der Waals surface area contributed by atoms with Crippen molar-refractivity contribution in [3.63, 3.8) is 0 Å². The molecule has 0 N–H and O–H groups in total. The third-order valence-electron chi connectivity index (χ3n) is 4.94. The van der Waals surface area contributed by atoms with E-state index < -0.39 is 0 Å². The molecule has 0 saturated carbocycles. The lowest BCUT2D eigenvalue weighted by Crippen LogP contribution is -2.46. The number of piperazine rings is 1. The first-order valence-electron chi connectivity index (χ1n) is 8.84. The van der Waals surface area contributed by atoms with E-state index in [4.69, 9.17) is 21.1 Å². The van der Waals surface area contributed by atoms with Gasteiger partial charge in [0.15, 0.2) is 6.79 Å². The smallest absolute Gasteiger partial charge is 0.270 e. The molecule has 0 atom stereocenters. The summed E-state index contributed by atoms with van der Waals surface area (Å²) in [6.07, 6.45) is 0. The maximum absolute atomic E-state index is 11.3. The van der Waals surface area contributed by atoms with E-state index in [0.29, 0.717) is 13.2 Å². The Morgan fingerprint density at radius 1 is 1.15 bits per heavy atom. The topological polar surface area (TPSA) is 68.1 Å². The Bertz CT molecular complexity index is 853. The number of ether oxygens (including phenoxy) is 2. The lowest BCUT2D eigenvalue weighted by Gasteiger charge is -2.36. The summed E-state index contributed by atoms with van der Waals surface area (Å²) < 4.78 is 10.9. The predicted molar refractivity (Wildman–Crippen MR) is 102 cm³/mol. The Hall–Kier alpha value is -2.35. The van der Waals surface area contributed by atoms with E-state index in [2.05, 4.69) is 9.80 Å². The minimum absolute atomic E-state index is 0.0764. The normalized spacial score (nSPS) is 17.3. The molecule has 0 unspecified atom stereocenters. The Morgan fingerprint density at radius 3 is 2.67 bits per heavy atom. The molecule has 7 nitrogen and oxygen atoms in total. The number of non-ortho nitro benzene ring substituents is 1. The monoisotopic (exact) mass is 389 g/mol. The van der Waals surface area contributed by atoms with Crippen LogP contribution in [0.25, 0.3) is 0 Å².